The largest absolute Gasteiger partial charge is 0.497 e. The molecule has 2 amide bonds. The van der Waals surface area contributed by atoms with Crippen LogP contribution in [0.25, 0.3) is 0 Å². The Morgan fingerprint density at radius 1 is 1.33 bits per heavy atom. The molecular formula is C20H24N2O3S2. The van der Waals surface area contributed by atoms with Crippen molar-refractivity contribution < 1.29 is 14.3 Å². The predicted molar refractivity (Wildman–Crippen MR) is 111 cm³/mol. The Balaban J connectivity index is 1.59. The quantitative estimate of drug-likeness (QED) is 0.681. The summed E-state index contributed by atoms with van der Waals surface area (Å²) in [6, 6.07) is 7.75. The molecule has 144 valence electrons. The smallest absolute Gasteiger partial charge is 0.251 e. The van der Waals surface area contributed by atoms with E-state index in [1.165, 1.54) is 16.2 Å². The molecule has 0 fully saturated rings. The number of rotatable bonds is 7. The van der Waals surface area contributed by atoms with Gasteiger partial charge in [-0.05, 0) is 55.0 Å². The minimum absolute atomic E-state index is 0.0924. The number of anilines is 1. The van der Waals surface area contributed by atoms with Gasteiger partial charge in [-0.1, -0.05) is 6.92 Å². The monoisotopic (exact) mass is 404 g/mol. The van der Waals surface area contributed by atoms with Crippen LogP contribution >= 0.6 is 23.1 Å². The Morgan fingerprint density at radius 2 is 2.07 bits per heavy atom. The molecule has 0 bridgehead atoms. The Hall–Kier alpha value is -1.99. The van der Waals surface area contributed by atoms with E-state index in [1.807, 2.05) is 24.3 Å². The van der Waals surface area contributed by atoms with Crippen LogP contribution in [0.4, 0.5) is 5.00 Å². The number of carbonyl (C=O) groups excluding carboxylic acids is 2. The number of thiophene rings is 1. The molecule has 3 N–H and O–H groups in total. The number of thioether (sulfide) groups is 1. The second kappa shape index (κ2) is 8.80. The summed E-state index contributed by atoms with van der Waals surface area (Å²) in [4.78, 5) is 26.6. The van der Waals surface area contributed by atoms with Gasteiger partial charge in [-0.3, -0.25) is 9.59 Å². The van der Waals surface area contributed by atoms with Crippen molar-refractivity contribution in [2.75, 3.05) is 18.2 Å². The van der Waals surface area contributed by atoms with Crippen LogP contribution in [-0.4, -0.2) is 24.7 Å². The average molecular weight is 405 g/mol. The molecule has 1 aliphatic carbocycles. The summed E-state index contributed by atoms with van der Waals surface area (Å²) in [6.45, 7) is 2.21. The zero-order chi connectivity index (χ0) is 19.4. The normalized spacial score (nSPS) is 15.9. The molecule has 1 aliphatic rings. The summed E-state index contributed by atoms with van der Waals surface area (Å²) in [5.74, 6) is 1.52. The van der Waals surface area contributed by atoms with Crippen LogP contribution in [0.2, 0.25) is 0 Å². The van der Waals surface area contributed by atoms with E-state index >= 15 is 0 Å². The van der Waals surface area contributed by atoms with Crippen LogP contribution in [0.3, 0.4) is 0 Å². The van der Waals surface area contributed by atoms with Gasteiger partial charge in [0.25, 0.3) is 5.91 Å². The Labute approximate surface area is 167 Å². The van der Waals surface area contributed by atoms with Gasteiger partial charge in [0.1, 0.15) is 10.8 Å². The van der Waals surface area contributed by atoms with Crippen molar-refractivity contribution in [2.24, 2.45) is 11.7 Å². The molecule has 7 heteroatoms. The Kier molecular flexibility index (Phi) is 6.44. The highest BCUT2D eigenvalue weighted by molar-refractivity contribution is 7.99. The lowest BCUT2D eigenvalue weighted by atomic mass is 9.88. The predicted octanol–water partition coefficient (Wildman–Crippen LogP) is 4.10. The van der Waals surface area contributed by atoms with Gasteiger partial charge in [0.2, 0.25) is 5.91 Å². The number of nitrogens with two attached hydrogens (primary N) is 1. The van der Waals surface area contributed by atoms with Crippen LogP contribution in [0.15, 0.2) is 29.2 Å². The molecule has 0 spiro atoms. The molecule has 1 atom stereocenters. The summed E-state index contributed by atoms with van der Waals surface area (Å²) in [5.41, 5.74) is 7.14. The van der Waals surface area contributed by atoms with E-state index in [9.17, 15) is 9.59 Å². The SMILES string of the molecule is COc1ccc(SCCC(=O)Nc2sc3c(c2C(N)=O)CCC(C)C3)cc1. The highest BCUT2D eigenvalue weighted by Gasteiger charge is 2.27. The van der Waals surface area contributed by atoms with Crippen LogP contribution in [0, 0.1) is 5.92 Å². The van der Waals surface area contributed by atoms with E-state index in [0.717, 1.165) is 35.5 Å². The average Bonchev–Trinajstić information content (AvgIpc) is 2.99. The maximum absolute atomic E-state index is 12.4. The van der Waals surface area contributed by atoms with Gasteiger partial charge >= 0.3 is 0 Å². The number of primary amides is 1. The number of hydrogen-bond donors (Lipinski definition) is 2. The van der Waals surface area contributed by atoms with Crippen molar-refractivity contribution in [1.82, 2.24) is 0 Å². The van der Waals surface area contributed by atoms with Crippen LogP contribution < -0.4 is 15.8 Å². The Bertz CT molecular complexity index is 830. The number of hydrogen-bond acceptors (Lipinski definition) is 5. The van der Waals surface area contributed by atoms with E-state index in [2.05, 4.69) is 12.2 Å². The molecule has 27 heavy (non-hydrogen) atoms. The highest BCUT2D eigenvalue weighted by Crippen LogP contribution is 2.39. The minimum atomic E-state index is -0.454. The van der Waals surface area contributed by atoms with Crippen molar-refractivity contribution in [2.45, 2.75) is 37.5 Å². The fraction of sp³-hybridized carbons (Fsp3) is 0.400. The summed E-state index contributed by atoms with van der Waals surface area (Å²) in [7, 11) is 1.63. The van der Waals surface area contributed by atoms with Gasteiger partial charge in [0.05, 0.1) is 12.7 Å². The number of amides is 2. The van der Waals surface area contributed by atoms with Crippen molar-refractivity contribution in [1.29, 1.82) is 0 Å². The van der Waals surface area contributed by atoms with E-state index in [1.54, 1.807) is 18.9 Å². The first-order chi connectivity index (χ1) is 13.0. The lowest BCUT2D eigenvalue weighted by Gasteiger charge is -2.18. The molecule has 3 rings (SSSR count). The second-order valence-electron chi connectivity index (χ2n) is 6.74. The molecule has 5 nitrogen and oxygen atoms in total. The molecule has 1 heterocycles. The van der Waals surface area contributed by atoms with Crippen molar-refractivity contribution >= 4 is 39.9 Å². The highest BCUT2D eigenvalue weighted by atomic mass is 32.2. The summed E-state index contributed by atoms with van der Waals surface area (Å²) < 4.78 is 5.14. The summed E-state index contributed by atoms with van der Waals surface area (Å²) in [6.07, 6.45) is 3.22. The third kappa shape index (κ3) is 4.84. The summed E-state index contributed by atoms with van der Waals surface area (Å²) >= 11 is 3.11. The van der Waals surface area contributed by atoms with Gasteiger partial charge < -0.3 is 15.8 Å². The molecule has 1 aromatic carbocycles. The first-order valence-electron chi connectivity index (χ1n) is 8.99. The van der Waals surface area contributed by atoms with Gasteiger partial charge in [-0.25, -0.2) is 0 Å². The number of ether oxygens (including phenoxy) is 1. The first-order valence-corrected chi connectivity index (χ1v) is 10.8. The van der Waals surface area contributed by atoms with Crippen molar-refractivity contribution in [3.8, 4) is 5.75 Å². The van der Waals surface area contributed by atoms with E-state index in [4.69, 9.17) is 10.5 Å². The van der Waals surface area contributed by atoms with Gasteiger partial charge in [-0.2, -0.15) is 0 Å². The van der Waals surface area contributed by atoms with Crippen molar-refractivity contribution in [3.05, 3.63) is 40.3 Å². The number of nitrogens with one attached hydrogen (secondary N) is 1. The zero-order valence-electron chi connectivity index (χ0n) is 15.5. The number of fused-ring (bicyclic) bond motifs is 1. The maximum atomic E-state index is 12.4. The molecule has 1 aromatic heterocycles. The standard InChI is InChI=1S/C20H24N2O3S2/c1-12-3-8-15-16(11-12)27-20(18(15)19(21)24)22-17(23)9-10-26-14-6-4-13(25-2)5-7-14/h4-7,12H,3,8-11H2,1-2H3,(H2,21,24)(H,22,23). The lowest BCUT2D eigenvalue weighted by Crippen LogP contribution is -2.19. The summed E-state index contributed by atoms with van der Waals surface area (Å²) in [5, 5.41) is 3.53. The fourth-order valence-electron chi connectivity index (χ4n) is 3.22. The maximum Gasteiger partial charge on any atom is 0.251 e. The van der Waals surface area contributed by atoms with Crippen LogP contribution in [0.5, 0.6) is 5.75 Å². The third-order valence-corrected chi connectivity index (χ3v) is 6.85. The molecule has 0 saturated heterocycles. The first kappa shape index (κ1) is 19.8. The van der Waals surface area contributed by atoms with Crippen LogP contribution in [0.1, 0.15) is 40.6 Å². The number of benzene rings is 1. The molecule has 0 saturated carbocycles. The van der Waals surface area contributed by atoms with E-state index in [-0.39, 0.29) is 5.91 Å². The van der Waals surface area contributed by atoms with Crippen LogP contribution in [-0.2, 0) is 17.6 Å². The second-order valence-corrected chi connectivity index (χ2v) is 9.02. The minimum Gasteiger partial charge on any atom is -0.497 e. The Morgan fingerprint density at radius 3 is 2.74 bits per heavy atom. The topological polar surface area (TPSA) is 81.4 Å². The third-order valence-electron chi connectivity index (χ3n) is 4.67. The van der Waals surface area contributed by atoms with Crippen molar-refractivity contribution in [3.63, 3.8) is 0 Å². The van der Waals surface area contributed by atoms with E-state index < -0.39 is 5.91 Å². The molecule has 1 unspecified atom stereocenters. The van der Waals surface area contributed by atoms with E-state index in [0.29, 0.717) is 28.7 Å². The lowest BCUT2D eigenvalue weighted by molar-refractivity contribution is -0.115. The molecule has 2 aromatic rings. The number of methoxy groups -OCH3 is 1. The van der Waals surface area contributed by atoms with Gasteiger partial charge in [0, 0.05) is 21.9 Å². The zero-order valence-corrected chi connectivity index (χ0v) is 17.2. The van der Waals surface area contributed by atoms with Gasteiger partial charge in [-0.15, -0.1) is 23.1 Å². The molecule has 0 radical (unpaired) electrons. The fourth-order valence-corrected chi connectivity index (χ4v) is 5.51. The molecular weight excluding hydrogens is 380 g/mol. The number of carbonyl (C=O) groups is 2. The molecule has 0 aliphatic heterocycles. The van der Waals surface area contributed by atoms with Gasteiger partial charge in [0.15, 0.2) is 0 Å².